The van der Waals surface area contributed by atoms with Gasteiger partial charge in [-0.15, -0.1) is 11.3 Å². The lowest BCUT2D eigenvalue weighted by atomic mass is 10.2. The van der Waals surface area contributed by atoms with Crippen molar-refractivity contribution < 1.29 is 4.79 Å². The topological polar surface area (TPSA) is 59.0 Å². The molecule has 2 heterocycles. The number of carbonyl (C=O) groups excluding carboxylic acids is 1. The predicted octanol–water partition coefficient (Wildman–Crippen LogP) is 2.08. The summed E-state index contributed by atoms with van der Waals surface area (Å²) in [5.41, 5.74) is 1.12. The highest BCUT2D eigenvalue weighted by atomic mass is 32.1. The van der Waals surface area contributed by atoms with Crippen LogP contribution in [0.4, 0.5) is 4.79 Å². The maximum atomic E-state index is 11.7. The second kappa shape index (κ2) is 6.38. The lowest BCUT2D eigenvalue weighted by Gasteiger charge is -2.12. The summed E-state index contributed by atoms with van der Waals surface area (Å²) >= 11 is 1.64. The summed E-state index contributed by atoms with van der Waals surface area (Å²) in [7, 11) is 1.88. The molecule has 0 saturated carbocycles. The zero-order chi connectivity index (χ0) is 13.7. The minimum atomic E-state index is -0.134. The van der Waals surface area contributed by atoms with Gasteiger partial charge in [0.25, 0.3) is 0 Å². The standard InChI is InChI=1S/C13H18N4OS/c1-10(12-4-3-7-19-12)16-13(18)14-6-5-11-8-15-17(2)9-11/h3-4,7-10H,5-6H2,1-2H3,(H2,14,16,18)/t10-/m1/s1. The van der Waals surface area contributed by atoms with Crippen LogP contribution in [0.5, 0.6) is 0 Å². The Morgan fingerprint density at radius 1 is 1.58 bits per heavy atom. The van der Waals surface area contributed by atoms with Crippen LogP contribution in [-0.2, 0) is 13.5 Å². The van der Waals surface area contributed by atoms with Crippen LogP contribution in [0, 0.1) is 0 Å². The van der Waals surface area contributed by atoms with Crippen LogP contribution in [0.15, 0.2) is 29.9 Å². The smallest absolute Gasteiger partial charge is 0.315 e. The molecule has 2 aromatic rings. The molecule has 2 N–H and O–H groups in total. The number of aryl methyl sites for hydroxylation is 1. The number of urea groups is 1. The van der Waals surface area contributed by atoms with Crippen LogP contribution in [0.3, 0.4) is 0 Å². The molecule has 19 heavy (non-hydrogen) atoms. The minimum Gasteiger partial charge on any atom is -0.338 e. The summed E-state index contributed by atoms with van der Waals surface area (Å²) in [4.78, 5) is 12.9. The van der Waals surface area contributed by atoms with Crippen molar-refractivity contribution >= 4 is 17.4 Å². The van der Waals surface area contributed by atoms with Gasteiger partial charge in [0.1, 0.15) is 0 Å². The first-order valence-corrected chi connectivity index (χ1v) is 7.08. The zero-order valence-electron chi connectivity index (χ0n) is 11.1. The Kier molecular flexibility index (Phi) is 4.57. The first kappa shape index (κ1) is 13.6. The maximum Gasteiger partial charge on any atom is 0.315 e. The van der Waals surface area contributed by atoms with E-state index in [9.17, 15) is 4.79 Å². The van der Waals surface area contributed by atoms with E-state index in [2.05, 4.69) is 15.7 Å². The highest BCUT2D eigenvalue weighted by molar-refractivity contribution is 7.10. The highest BCUT2D eigenvalue weighted by Crippen LogP contribution is 2.17. The van der Waals surface area contributed by atoms with Gasteiger partial charge in [0.15, 0.2) is 0 Å². The average Bonchev–Trinajstić information content (AvgIpc) is 3.00. The third kappa shape index (κ3) is 4.10. The Hall–Kier alpha value is -1.82. The predicted molar refractivity (Wildman–Crippen MR) is 76.2 cm³/mol. The van der Waals surface area contributed by atoms with Crippen molar-refractivity contribution in [1.29, 1.82) is 0 Å². The van der Waals surface area contributed by atoms with E-state index in [1.807, 2.05) is 43.9 Å². The fraction of sp³-hybridized carbons (Fsp3) is 0.385. The largest absolute Gasteiger partial charge is 0.338 e. The van der Waals surface area contributed by atoms with Crippen molar-refractivity contribution in [2.24, 2.45) is 7.05 Å². The molecule has 5 nitrogen and oxygen atoms in total. The molecule has 0 bridgehead atoms. The molecule has 0 aliphatic carbocycles. The lowest BCUT2D eigenvalue weighted by Crippen LogP contribution is -2.37. The monoisotopic (exact) mass is 278 g/mol. The van der Waals surface area contributed by atoms with E-state index in [0.29, 0.717) is 6.54 Å². The molecule has 2 aromatic heterocycles. The summed E-state index contributed by atoms with van der Waals surface area (Å²) < 4.78 is 1.76. The van der Waals surface area contributed by atoms with E-state index in [0.717, 1.165) is 16.9 Å². The second-order valence-corrected chi connectivity index (χ2v) is 5.39. The molecular weight excluding hydrogens is 260 g/mol. The Morgan fingerprint density at radius 3 is 3.05 bits per heavy atom. The highest BCUT2D eigenvalue weighted by Gasteiger charge is 2.09. The van der Waals surface area contributed by atoms with Gasteiger partial charge in [-0.05, 0) is 30.4 Å². The molecule has 0 spiro atoms. The van der Waals surface area contributed by atoms with E-state index >= 15 is 0 Å². The van der Waals surface area contributed by atoms with Crippen LogP contribution in [-0.4, -0.2) is 22.4 Å². The quantitative estimate of drug-likeness (QED) is 0.879. The summed E-state index contributed by atoms with van der Waals surface area (Å²) in [5.74, 6) is 0. The number of hydrogen-bond acceptors (Lipinski definition) is 3. The maximum absolute atomic E-state index is 11.7. The van der Waals surface area contributed by atoms with Crippen LogP contribution >= 0.6 is 11.3 Å². The van der Waals surface area contributed by atoms with E-state index in [1.165, 1.54) is 0 Å². The van der Waals surface area contributed by atoms with Crippen molar-refractivity contribution in [1.82, 2.24) is 20.4 Å². The van der Waals surface area contributed by atoms with E-state index in [-0.39, 0.29) is 12.1 Å². The molecular formula is C13H18N4OS. The van der Waals surface area contributed by atoms with Gasteiger partial charge in [-0.3, -0.25) is 4.68 Å². The molecule has 0 saturated heterocycles. The molecule has 0 aromatic carbocycles. The summed E-state index contributed by atoms with van der Waals surface area (Å²) in [6.07, 6.45) is 4.55. The van der Waals surface area contributed by atoms with Crippen LogP contribution < -0.4 is 10.6 Å². The Labute approximate surface area is 116 Å². The van der Waals surface area contributed by atoms with Gasteiger partial charge >= 0.3 is 6.03 Å². The van der Waals surface area contributed by atoms with Crippen LogP contribution in [0.2, 0.25) is 0 Å². The first-order valence-electron chi connectivity index (χ1n) is 6.20. The van der Waals surface area contributed by atoms with Crippen LogP contribution in [0.25, 0.3) is 0 Å². The summed E-state index contributed by atoms with van der Waals surface area (Å²) in [6, 6.07) is 3.91. The third-order valence-corrected chi connectivity index (χ3v) is 3.83. The molecule has 0 radical (unpaired) electrons. The number of amides is 2. The Bertz CT molecular complexity index is 520. The molecule has 0 aliphatic heterocycles. The zero-order valence-corrected chi connectivity index (χ0v) is 11.9. The van der Waals surface area contributed by atoms with Gasteiger partial charge in [-0.2, -0.15) is 5.10 Å². The van der Waals surface area contributed by atoms with Crippen molar-refractivity contribution in [2.75, 3.05) is 6.54 Å². The van der Waals surface area contributed by atoms with Gasteiger partial charge < -0.3 is 10.6 Å². The van der Waals surface area contributed by atoms with Crippen molar-refractivity contribution in [3.8, 4) is 0 Å². The number of nitrogens with one attached hydrogen (secondary N) is 2. The SMILES string of the molecule is C[C@@H](NC(=O)NCCc1cnn(C)c1)c1cccs1. The van der Waals surface area contributed by atoms with E-state index < -0.39 is 0 Å². The fourth-order valence-corrected chi connectivity index (χ4v) is 2.51. The van der Waals surface area contributed by atoms with Crippen molar-refractivity contribution in [2.45, 2.75) is 19.4 Å². The van der Waals surface area contributed by atoms with Crippen LogP contribution in [0.1, 0.15) is 23.4 Å². The molecule has 1 atom stereocenters. The number of thiophene rings is 1. The van der Waals surface area contributed by atoms with E-state index in [4.69, 9.17) is 0 Å². The molecule has 0 unspecified atom stereocenters. The number of rotatable bonds is 5. The molecule has 0 aliphatic rings. The van der Waals surface area contributed by atoms with Gasteiger partial charge in [0.05, 0.1) is 12.2 Å². The number of hydrogen-bond donors (Lipinski definition) is 2. The molecule has 2 rings (SSSR count). The average molecular weight is 278 g/mol. The summed E-state index contributed by atoms with van der Waals surface area (Å²) in [5, 5.41) is 11.9. The van der Waals surface area contributed by atoms with Gasteiger partial charge in [-0.1, -0.05) is 6.07 Å². The Morgan fingerprint density at radius 2 is 2.42 bits per heavy atom. The van der Waals surface area contributed by atoms with Gasteiger partial charge in [0.2, 0.25) is 0 Å². The molecule has 102 valence electrons. The second-order valence-electron chi connectivity index (χ2n) is 4.41. The van der Waals surface area contributed by atoms with Crippen molar-refractivity contribution in [3.05, 3.63) is 40.3 Å². The fourth-order valence-electron chi connectivity index (χ4n) is 1.78. The van der Waals surface area contributed by atoms with E-state index in [1.54, 1.807) is 16.0 Å². The van der Waals surface area contributed by atoms with Gasteiger partial charge in [0, 0.05) is 24.7 Å². The first-order chi connectivity index (χ1) is 9.15. The number of carbonyl (C=O) groups is 1. The molecule has 2 amide bonds. The number of aromatic nitrogens is 2. The third-order valence-electron chi connectivity index (χ3n) is 2.78. The molecule has 0 fully saturated rings. The molecule has 6 heteroatoms. The number of nitrogens with zero attached hydrogens (tertiary/aromatic N) is 2. The van der Waals surface area contributed by atoms with Crippen molar-refractivity contribution in [3.63, 3.8) is 0 Å². The van der Waals surface area contributed by atoms with Gasteiger partial charge in [-0.25, -0.2) is 4.79 Å². The summed E-state index contributed by atoms with van der Waals surface area (Å²) in [6.45, 7) is 2.58. The minimum absolute atomic E-state index is 0.0402. The Balaban J connectivity index is 1.70. The lowest BCUT2D eigenvalue weighted by molar-refractivity contribution is 0.238. The normalized spacial score (nSPS) is 12.1.